The normalized spacial score (nSPS) is 15.1. The van der Waals surface area contributed by atoms with E-state index in [4.69, 9.17) is 0 Å². The highest BCUT2D eigenvalue weighted by Crippen LogP contribution is 2.59. The molecular formula is C70H92N4. The van der Waals surface area contributed by atoms with E-state index >= 15 is 0 Å². The van der Waals surface area contributed by atoms with Gasteiger partial charge in [0, 0.05) is 17.1 Å². The summed E-state index contributed by atoms with van der Waals surface area (Å²) in [5, 5.41) is 0. The van der Waals surface area contributed by atoms with Crippen molar-refractivity contribution in [3.63, 3.8) is 0 Å². The van der Waals surface area contributed by atoms with Gasteiger partial charge in [-0.2, -0.15) is 0 Å². The van der Waals surface area contributed by atoms with E-state index in [1.165, 1.54) is 50.2 Å². The van der Waals surface area contributed by atoms with Gasteiger partial charge in [0.2, 0.25) is 0 Å². The van der Waals surface area contributed by atoms with Gasteiger partial charge in [-0.1, -0.05) is 221 Å². The maximum absolute atomic E-state index is 2.66. The Hall–Kier alpha value is -5.74. The summed E-state index contributed by atoms with van der Waals surface area (Å²) in [5.41, 5.74) is 18.7. The van der Waals surface area contributed by atoms with Crippen molar-refractivity contribution in [2.75, 3.05) is 19.6 Å². The molecular weight excluding hydrogens is 897 g/mol. The van der Waals surface area contributed by atoms with Gasteiger partial charge in [-0.05, 0) is 155 Å². The Bertz CT molecular complexity index is 2940. The molecule has 2 heterocycles. The van der Waals surface area contributed by atoms with E-state index in [1.807, 2.05) is 0 Å². The van der Waals surface area contributed by atoms with E-state index in [0.29, 0.717) is 0 Å². The van der Waals surface area contributed by atoms with Crippen LogP contribution in [0.5, 0.6) is 0 Å². The van der Waals surface area contributed by atoms with Gasteiger partial charge in [0.1, 0.15) is 0 Å². The second-order valence-corrected chi connectivity index (χ2v) is 30.0. The molecule has 8 rings (SSSR count). The molecule has 0 radical (unpaired) electrons. The summed E-state index contributed by atoms with van der Waals surface area (Å²) in [6.45, 7) is 56.6. The lowest BCUT2D eigenvalue weighted by atomic mass is 9.80. The van der Waals surface area contributed by atoms with E-state index < -0.39 is 0 Å². The molecule has 0 atom stereocenters. The van der Waals surface area contributed by atoms with E-state index in [-0.39, 0.29) is 43.3 Å². The number of anilines is 8. The van der Waals surface area contributed by atoms with E-state index in [2.05, 4.69) is 307 Å². The van der Waals surface area contributed by atoms with Crippen molar-refractivity contribution in [1.29, 1.82) is 0 Å². The minimum absolute atomic E-state index is 0.102. The van der Waals surface area contributed by atoms with Crippen molar-refractivity contribution in [1.82, 2.24) is 0 Å². The SMILES string of the molecule is CC(C)(C)c1cc(N2C(=C3N(c4cc(C(C)(C)C)cc(C(C)(C)C)c4)c4ccccc4N3c3cc(C(C)(C)C)ccc3C(C)(C)C)N(c3cc(C(C)(C)C)cc(C(C)(C)C)c3)c3ccccc32)cc(C(C)(C)C)c1. The molecule has 0 saturated carbocycles. The van der Waals surface area contributed by atoms with Crippen LogP contribution in [-0.4, -0.2) is 0 Å². The van der Waals surface area contributed by atoms with E-state index in [9.17, 15) is 0 Å². The average Bonchev–Trinajstić information content (AvgIpc) is 3.79. The highest BCUT2D eigenvalue weighted by atomic mass is 15.5. The van der Waals surface area contributed by atoms with Crippen molar-refractivity contribution in [3.05, 3.63) is 177 Å². The third kappa shape index (κ3) is 10.3. The lowest BCUT2D eigenvalue weighted by Crippen LogP contribution is -2.35. The van der Waals surface area contributed by atoms with Crippen molar-refractivity contribution in [3.8, 4) is 0 Å². The summed E-state index contributed by atoms with van der Waals surface area (Å²) in [7, 11) is 0. The number of rotatable bonds is 4. The number of benzene rings is 6. The fraction of sp³-hybridized carbons (Fsp3) is 0.457. The van der Waals surface area contributed by atoms with Crippen LogP contribution in [0.2, 0.25) is 0 Å². The molecule has 0 fully saturated rings. The largest absolute Gasteiger partial charge is 0.291 e. The second kappa shape index (κ2) is 18.0. The number of hydrogen-bond donors (Lipinski definition) is 0. The Morgan fingerprint density at radius 1 is 0.216 bits per heavy atom. The van der Waals surface area contributed by atoms with Gasteiger partial charge >= 0.3 is 0 Å². The van der Waals surface area contributed by atoms with Crippen molar-refractivity contribution in [2.24, 2.45) is 0 Å². The van der Waals surface area contributed by atoms with Crippen molar-refractivity contribution >= 4 is 45.5 Å². The second-order valence-electron chi connectivity index (χ2n) is 30.0. The van der Waals surface area contributed by atoms with Gasteiger partial charge in [-0.3, -0.25) is 19.6 Å². The summed E-state index contributed by atoms with van der Waals surface area (Å²) in [4.78, 5) is 10.5. The maximum atomic E-state index is 2.66. The molecule has 2 aliphatic rings. The zero-order chi connectivity index (χ0) is 54.8. The summed E-state index contributed by atoms with van der Waals surface area (Å²) in [6.07, 6.45) is 0. The molecule has 0 unspecified atom stereocenters. The van der Waals surface area contributed by atoms with Crippen LogP contribution in [0.4, 0.5) is 45.5 Å². The molecule has 0 aliphatic carbocycles. The predicted octanol–water partition coefficient (Wildman–Crippen LogP) is 20.5. The molecule has 0 aromatic heterocycles. The van der Waals surface area contributed by atoms with Crippen LogP contribution in [-0.2, 0) is 43.3 Å². The maximum Gasteiger partial charge on any atom is 0.166 e. The highest BCUT2D eigenvalue weighted by Gasteiger charge is 2.46. The number of fused-ring (bicyclic) bond motifs is 2. The van der Waals surface area contributed by atoms with Crippen LogP contribution in [0.1, 0.15) is 211 Å². The van der Waals surface area contributed by atoms with Crippen molar-refractivity contribution < 1.29 is 0 Å². The standard InChI is InChI=1S/C70H92N4/c1-63(2,3)45-33-34-55(70(22,23)24)60(44-45)74-59-32-28-27-31-58(59)73(54-42-50(68(16,17)18)37-51(43-54)69(19,20)21)62(74)61-71(52-38-46(64(4,5)6)35-47(39-52)65(7,8)9)56-29-25-26-30-57(56)72(61)53-40-48(66(10,11)12)36-49(41-53)67(13,14)15/h25-44H,1-24H3. The zero-order valence-electron chi connectivity index (χ0n) is 50.3. The van der Waals surface area contributed by atoms with Crippen LogP contribution in [0.25, 0.3) is 0 Å². The molecule has 6 aromatic carbocycles. The van der Waals surface area contributed by atoms with Gasteiger partial charge in [0.05, 0.1) is 28.4 Å². The Kier molecular flexibility index (Phi) is 13.2. The topological polar surface area (TPSA) is 13.0 Å². The number of para-hydroxylation sites is 4. The fourth-order valence-electron chi connectivity index (χ4n) is 10.4. The minimum Gasteiger partial charge on any atom is -0.291 e. The van der Waals surface area contributed by atoms with Crippen LogP contribution >= 0.6 is 0 Å². The quantitative estimate of drug-likeness (QED) is 0.174. The first-order chi connectivity index (χ1) is 33.8. The molecule has 0 N–H and O–H groups in total. The van der Waals surface area contributed by atoms with E-state index in [0.717, 1.165) is 51.5 Å². The molecule has 0 saturated heterocycles. The molecule has 4 heteroatoms. The molecule has 6 aromatic rings. The highest BCUT2D eigenvalue weighted by molar-refractivity contribution is 6.01. The van der Waals surface area contributed by atoms with Gasteiger partial charge in [0.25, 0.3) is 0 Å². The predicted molar refractivity (Wildman–Crippen MR) is 324 cm³/mol. The molecule has 392 valence electrons. The summed E-state index contributed by atoms with van der Waals surface area (Å²) >= 11 is 0. The third-order valence-corrected chi connectivity index (χ3v) is 15.4. The Morgan fingerprint density at radius 2 is 0.459 bits per heavy atom. The molecule has 4 nitrogen and oxygen atoms in total. The Labute approximate surface area is 449 Å². The van der Waals surface area contributed by atoms with E-state index in [1.54, 1.807) is 0 Å². The molecule has 0 amide bonds. The molecule has 74 heavy (non-hydrogen) atoms. The minimum atomic E-state index is -0.196. The molecule has 0 spiro atoms. The van der Waals surface area contributed by atoms with Gasteiger partial charge < -0.3 is 0 Å². The lowest BCUT2D eigenvalue weighted by Gasteiger charge is -2.38. The summed E-state index contributed by atoms with van der Waals surface area (Å²) in [5.74, 6) is 2.17. The third-order valence-electron chi connectivity index (χ3n) is 15.4. The molecule has 2 aliphatic heterocycles. The Morgan fingerprint density at radius 3 is 0.703 bits per heavy atom. The van der Waals surface area contributed by atoms with Gasteiger partial charge in [-0.15, -0.1) is 0 Å². The Balaban J connectivity index is 1.69. The lowest BCUT2D eigenvalue weighted by molar-refractivity contribution is 0.568. The van der Waals surface area contributed by atoms with Crippen molar-refractivity contribution in [2.45, 2.75) is 209 Å². The first kappa shape index (κ1) is 54.5. The molecule has 0 bridgehead atoms. The van der Waals surface area contributed by atoms with Crippen LogP contribution in [0, 0.1) is 0 Å². The van der Waals surface area contributed by atoms with Crippen LogP contribution < -0.4 is 19.6 Å². The number of hydrogen-bond acceptors (Lipinski definition) is 4. The van der Waals surface area contributed by atoms with Crippen LogP contribution in [0.15, 0.2) is 133 Å². The fourth-order valence-corrected chi connectivity index (χ4v) is 10.4. The number of nitrogens with zero attached hydrogens (tertiary/aromatic N) is 4. The van der Waals surface area contributed by atoms with Crippen LogP contribution in [0.3, 0.4) is 0 Å². The zero-order valence-corrected chi connectivity index (χ0v) is 50.3. The summed E-state index contributed by atoms with van der Waals surface area (Å²) < 4.78 is 0. The monoisotopic (exact) mass is 989 g/mol. The summed E-state index contributed by atoms with van der Waals surface area (Å²) in [6, 6.07) is 47.9. The average molecular weight is 990 g/mol. The first-order valence-corrected chi connectivity index (χ1v) is 27.5. The smallest absolute Gasteiger partial charge is 0.166 e. The first-order valence-electron chi connectivity index (χ1n) is 27.5. The van der Waals surface area contributed by atoms with Gasteiger partial charge in [0.15, 0.2) is 11.6 Å². The van der Waals surface area contributed by atoms with Gasteiger partial charge in [-0.25, -0.2) is 0 Å².